The van der Waals surface area contributed by atoms with Crippen molar-refractivity contribution in [3.05, 3.63) is 37.8 Å². The lowest BCUT2D eigenvalue weighted by Gasteiger charge is -2.10. The van der Waals surface area contributed by atoms with Crippen molar-refractivity contribution in [3.8, 4) is 0 Å². The third kappa shape index (κ3) is 5.18. The van der Waals surface area contributed by atoms with E-state index in [-0.39, 0.29) is 22.3 Å². The molecule has 2 amide bonds. The molecule has 0 bridgehead atoms. The van der Waals surface area contributed by atoms with Crippen LogP contribution >= 0.6 is 34.5 Å². The maximum atomic E-state index is 12.4. The van der Waals surface area contributed by atoms with Crippen molar-refractivity contribution in [2.75, 3.05) is 17.2 Å². The predicted molar refractivity (Wildman–Crippen MR) is 106 cm³/mol. The van der Waals surface area contributed by atoms with Gasteiger partial charge in [0.1, 0.15) is 5.00 Å². The van der Waals surface area contributed by atoms with E-state index in [1.54, 1.807) is 13.8 Å². The van der Waals surface area contributed by atoms with Crippen molar-refractivity contribution in [1.29, 1.82) is 0 Å². The van der Waals surface area contributed by atoms with Crippen molar-refractivity contribution in [2.45, 2.75) is 27.7 Å². The predicted octanol–water partition coefficient (Wildman–Crippen LogP) is 4.13. The van der Waals surface area contributed by atoms with Crippen LogP contribution in [0.1, 0.15) is 33.4 Å². The average Bonchev–Trinajstić information content (AvgIpc) is 2.83. The van der Waals surface area contributed by atoms with E-state index < -0.39 is 18.5 Å². The maximum absolute atomic E-state index is 12.4. The first-order chi connectivity index (χ1) is 12.6. The molecular formula is C17H17Cl2N3O4S. The van der Waals surface area contributed by atoms with Crippen molar-refractivity contribution >= 4 is 63.1 Å². The Hall–Kier alpha value is -2.16. The lowest BCUT2D eigenvalue weighted by molar-refractivity contribution is -0.119. The van der Waals surface area contributed by atoms with E-state index >= 15 is 0 Å². The number of halogens is 2. The normalized spacial score (nSPS) is 10.4. The summed E-state index contributed by atoms with van der Waals surface area (Å²) in [6.45, 7) is 6.04. The molecule has 144 valence electrons. The van der Waals surface area contributed by atoms with Gasteiger partial charge in [-0.25, -0.2) is 9.78 Å². The maximum Gasteiger partial charge on any atom is 0.341 e. The molecule has 0 atom stereocenters. The average molecular weight is 430 g/mol. The molecule has 0 spiro atoms. The second-order valence-electron chi connectivity index (χ2n) is 5.68. The fraction of sp³-hybridized carbons (Fsp3) is 0.294. The van der Waals surface area contributed by atoms with Gasteiger partial charge in [-0.15, -0.1) is 11.3 Å². The van der Waals surface area contributed by atoms with E-state index in [2.05, 4.69) is 15.6 Å². The van der Waals surface area contributed by atoms with E-state index in [1.807, 2.05) is 6.92 Å². The van der Waals surface area contributed by atoms with Gasteiger partial charge in [-0.3, -0.25) is 9.59 Å². The Morgan fingerprint density at radius 2 is 1.81 bits per heavy atom. The first kappa shape index (κ1) is 21.1. The second kappa shape index (κ2) is 8.69. The summed E-state index contributed by atoms with van der Waals surface area (Å²) in [7, 11) is 0. The standard InChI is InChI=1S/C17H17Cl2N3O4S/c1-7-9(3)27-16(21-10(4)23)14(7)17(25)26-6-13(24)22-15-12(19)5-11(18)8(2)20-15/h5H,6H2,1-4H3,(H,21,23)(H,20,22,24). The molecule has 2 rings (SSSR count). The van der Waals surface area contributed by atoms with Crippen LogP contribution in [0.3, 0.4) is 0 Å². The second-order valence-corrected chi connectivity index (χ2v) is 7.72. The van der Waals surface area contributed by atoms with Gasteiger partial charge in [0.2, 0.25) is 5.91 Å². The Balaban J connectivity index is 2.07. The Morgan fingerprint density at radius 3 is 2.44 bits per heavy atom. The summed E-state index contributed by atoms with van der Waals surface area (Å²) in [5.41, 5.74) is 1.42. The van der Waals surface area contributed by atoms with Crippen LogP contribution in [0.4, 0.5) is 10.8 Å². The number of aryl methyl sites for hydroxylation is 2. The first-order valence-corrected chi connectivity index (χ1v) is 9.34. The number of carbonyl (C=O) groups is 3. The van der Waals surface area contributed by atoms with Gasteiger partial charge in [0.25, 0.3) is 5.91 Å². The van der Waals surface area contributed by atoms with Crippen LogP contribution in [0, 0.1) is 20.8 Å². The van der Waals surface area contributed by atoms with Crippen molar-refractivity contribution in [3.63, 3.8) is 0 Å². The van der Waals surface area contributed by atoms with Crippen LogP contribution < -0.4 is 10.6 Å². The summed E-state index contributed by atoms with van der Waals surface area (Å²) in [6, 6.07) is 1.46. The Bertz CT molecular complexity index is 927. The number of hydrogen-bond acceptors (Lipinski definition) is 6. The molecule has 2 N–H and O–H groups in total. The minimum absolute atomic E-state index is 0.126. The monoisotopic (exact) mass is 429 g/mol. The summed E-state index contributed by atoms with van der Waals surface area (Å²) in [6.07, 6.45) is 0. The number of pyridine rings is 1. The van der Waals surface area contributed by atoms with Gasteiger partial charge < -0.3 is 15.4 Å². The molecule has 0 aromatic carbocycles. The SMILES string of the molecule is CC(=O)Nc1sc(C)c(C)c1C(=O)OCC(=O)Nc1nc(C)c(Cl)cc1Cl. The fourth-order valence-corrected chi connectivity index (χ4v) is 3.64. The van der Waals surface area contributed by atoms with Crippen LogP contribution in [-0.2, 0) is 14.3 Å². The van der Waals surface area contributed by atoms with E-state index in [1.165, 1.54) is 24.3 Å². The van der Waals surface area contributed by atoms with Crippen LogP contribution in [0.5, 0.6) is 0 Å². The summed E-state index contributed by atoms with van der Waals surface area (Å²) < 4.78 is 5.08. The molecule has 10 heteroatoms. The van der Waals surface area contributed by atoms with E-state index in [0.29, 0.717) is 21.3 Å². The van der Waals surface area contributed by atoms with E-state index in [9.17, 15) is 14.4 Å². The molecule has 2 heterocycles. The number of amides is 2. The number of rotatable bonds is 5. The van der Waals surface area contributed by atoms with Crippen LogP contribution in [0.2, 0.25) is 10.0 Å². The molecule has 2 aromatic heterocycles. The molecule has 0 aliphatic carbocycles. The van der Waals surface area contributed by atoms with Gasteiger partial charge in [0, 0.05) is 11.8 Å². The highest BCUT2D eigenvalue weighted by atomic mass is 35.5. The van der Waals surface area contributed by atoms with E-state index in [4.69, 9.17) is 27.9 Å². The molecule has 0 saturated carbocycles. The summed E-state index contributed by atoms with van der Waals surface area (Å²) >= 11 is 13.2. The number of aromatic nitrogens is 1. The van der Waals surface area contributed by atoms with Crippen molar-refractivity contribution < 1.29 is 19.1 Å². The van der Waals surface area contributed by atoms with Crippen LogP contribution in [0.15, 0.2) is 6.07 Å². The largest absolute Gasteiger partial charge is 0.452 e. The highest BCUT2D eigenvalue weighted by Crippen LogP contribution is 2.33. The number of carbonyl (C=O) groups excluding carboxylic acids is 3. The number of esters is 1. The zero-order valence-electron chi connectivity index (χ0n) is 15.0. The third-order valence-corrected chi connectivity index (χ3v) is 5.37. The van der Waals surface area contributed by atoms with E-state index in [0.717, 1.165) is 4.88 Å². The minimum Gasteiger partial charge on any atom is -0.452 e. The molecule has 0 saturated heterocycles. The Labute approximate surface area is 170 Å². The van der Waals surface area contributed by atoms with Gasteiger partial charge >= 0.3 is 5.97 Å². The number of anilines is 2. The molecule has 27 heavy (non-hydrogen) atoms. The molecule has 0 aliphatic rings. The molecule has 0 unspecified atom stereocenters. The smallest absolute Gasteiger partial charge is 0.341 e. The Morgan fingerprint density at radius 1 is 1.15 bits per heavy atom. The number of hydrogen-bond donors (Lipinski definition) is 2. The van der Waals surface area contributed by atoms with Crippen molar-refractivity contribution in [1.82, 2.24) is 4.98 Å². The molecule has 2 aromatic rings. The Kier molecular flexibility index (Phi) is 6.80. The first-order valence-electron chi connectivity index (χ1n) is 7.77. The summed E-state index contributed by atoms with van der Waals surface area (Å²) in [5.74, 6) is -1.49. The zero-order valence-corrected chi connectivity index (χ0v) is 17.4. The van der Waals surface area contributed by atoms with Crippen LogP contribution in [0.25, 0.3) is 0 Å². The van der Waals surface area contributed by atoms with Gasteiger partial charge in [-0.05, 0) is 32.4 Å². The molecule has 7 nitrogen and oxygen atoms in total. The van der Waals surface area contributed by atoms with Gasteiger partial charge in [0.15, 0.2) is 12.4 Å². The van der Waals surface area contributed by atoms with Crippen LogP contribution in [-0.4, -0.2) is 29.4 Å². The minimum atomic E-state index is -0.706. The summed E-state index contributed by atoms with van der Waals surface area (Å²) in [5, 5.41) is 6.00. The summed E-state index contributed by atoms with van der Waals surface area (Å²) in [4.78, 5) is 40.7. The zero-order chi connectivity index (χ0) is 20.3. The molecular weight excluding hydrogens is 413 g/mol. The van der Waals surface area contributed by atoms with Gasteiger partial charge in [0.05, 0.1) is 21.3 Å². The van der Waals surface area contributed by atoms with Crippen molar-refractivity contribution in [2.24, 2.45) is 0 Å². The number of nitrogens with one attached hydrogen (secondary N) is 2. The molecule has 0 aliphatic heterocycles. The fourth-order valence-electron chi connectivity index (χ4n) is 2.14. The van der Waals surface area contributed by atoms with Gasteiger partial charge in [-0.1, -0.05) is 23.2 Å². The number of ether oxygens (including phenoxy) is 1. The lowest BCUT2D eigenvalue weighted by Crippen LogP contribution is -2.22. The quantitative estimate of drug-likeness (QED) is 0.696. The lowest BCUT2D eigenvalue weighted by atomic mass is 10.1. The highest BCUT2D eigenvalue weighted by Gasteiger charge is 2.22. The topological polar surface area (TPSA) is 97.4 Å². The highest BCUT2D eigenvalue weighted by molar-refractivity contribution is 7.16. The number of thiophene rings is 1. The third-order valence-electron chi connectivity index (χ3n) is 3.58. The number of nitrogens with zero attached hydrogens (tertiary/aromatic N) is 1. The molecule has 0 fully saturated rings. The molecule has 0 radical (unpaired) electrons. The van der Waals surface area contributed by atoms with Gasteiger partial charge in [-0.2, -0.15) is 0 Å².